The lowest BCUT2D eigenvalue weighted by Crippen LogP contribution is -2.15. The van der Waals surface area contributed by atoms with Crippen LogP contribution in [0.2, 0.25) is 0 Å². The predicted octanol–water partition coefficient (Wildman–Crippen LogP) is 3.44. The molecule has 0 fully saturated rings. The van der Waals surface area contributed by atoms with Crippen LogP contribution in [0.5, 0.6) is 23.0 Å². The van der Waals surface area contributed by atoms with Gasteiger partial charge >= 0.3 is 0 Å². The second-order valence-corrected chi connectivity index (χ2v) is 5.69. The number of aryl methyl sites for hydroxylation is 2. The Morgan fingerprint density at radius 2 is 1.32 bits per heavy atom. The first kappa shape index (κ1) is 16.9. The Hall–Kier alpha value is -2.96. The van der Waals surface area contributed by atoms with E-state index in [0.717, 1.165) is 11.5 Å². The SMILES string of the molecule is Cc1cc2c(cc1[N+](=O)[O-])OCCO2.Cc1ccc2c(c1)OCCO2. The summed E-state index contributed by atoms with van der Waals surface area (Å²) in [6.07, 6.45) is 0. The van der Waals surface area contributed by atoms with Gasteiger partial charge in [-0.2, -0.15) is 0 Å². The summed E-state index contributed by atoms with van der Waals surface area (Å²) in [6.45, 7) is 5.97. The van der Waals surface area contributed by atoms with Gasteiger partial charge in [0.1, 0.15) is 26.4 Å². The number of nitro benzene ring substituents is 1. The summed E-state index contributed by atoms with van der Waals surface area (Å²) in [5.74, 6) is 2.77. The normalized spacial score (nSPS) is 14.2. The van der Waals surface area contributed by atoms with Gasteiger partial charge in [-0.15, -0.1) is 0 Å². The van der Waals surface area contributed by atoms with Crippen molar-refractivity contribution in [1.29, 1.82) is 0 Å². The fourth-order valence-corrected chi connectivity index (χ4v) is 2.53. The van der Waals surface area contributed by atoms with E-state index in [9.17, 15) is 10.1 Å². The van der Waals surface area contributed by atoms with Crippen molar-refractivity contribution in [2.24, 2.45) is 0 Å². The van der Waals surface area contributed by atoms with Crippen LogP contribution in [-0.4, -0.2) is 31.4 Å². The summed E-state index contributed by atoms with van der Waals surface area (Å²) in [6, 6.07) is 9.00. The summed E-state index contributed by atoms with van der Waals surface area (Å²) in [7, 11) is 0. The van der Waals surface area contributed by atoms with Gasteiger partial charge in [-0.1, -0.05) is 6.07 Å². The van der Waals surface area contributed by atoms with Crippen LogP contribution in [0.1, 0.15) is 11.1 Å². The largest absolute Gasteiger partial charge is 0.486 e. The van der Waals surface area contributed by atoms with Crippen molar-refractivity contribution in [2.45, 2.75) is 13.8 Å². The highest BCUT2D eigenvalue weighted by Gasteiger charge is 2.19. The molecule has 2 aromatic carbocycles. The maximum atomic E-state index is 10.6. The molecular formula is C18H19NO6. The van der Waals surface area contributed by atoms with Crippen LogP contribution in [0.15, 0.2) is 30.3 Å². The molecule has 0 aliphatic carbocycles. The third-order valence-electron chi connectivity index (χ3n) is 3.76. The predicted molar refractivity (Wildman–Crippen MR) is 91.0 cm³/mol. The zero-order chi connectivity index (χ0) is 17.8. The molecule has 0 aromatic heterocycles. The number of fused-ring (bicyclic) bond motifs is 2. The zero-order valence-electron chi connectivity index (χ0n) is 14.1. The van der Waals surface area contributed by atoms with Crippen molar-refractivity contribution in [3.63, 3.8) is 0 Å². The fraction of sp³-hybridized carbons (Fsp3) is 0.333. The molecule has 7 heteroatoms. The van der Waals surface area contributed by atoms with Gasteiger partial charge in [0, 0.05) is 5.56 Å². The zero-order valence-corrected chi connectivity index (χ0v) is 14.1. The van der Waals surface area contributed by atoms with E-state index in [0.29, 0.717) is 43.5 Å². The molecule has 132 valence electrons. The monoisotopic (exact) mass is 345 g/mol. The topological polar surface area (TPSA) is 80.1 Å². The minimum Gasteiger partial charge on any atom is -0.486 e. The molecule has 2 aromatic rings. The van der Waals surface area contributed by atoms with Crippen molar-refractivity contribution >= 4 is 5.69 Å². The second-order valence-electron chi connectivity index (χ2n) is 5.69. The van der Waals surface area contributed by atoms with E-state index in [1.807, 2.05) is 25.1 Å². The van der Waals surface area contributed by atoms with Gasteiger partial charge in [0.05, 0.1) is 11.0 Å². The fourth-order valence-electron chi connectivity index (χ4n) is 2.53. The lowest BCUT2D eigenvalue weighted by atomic mass is 10.2. The number of rotatable bonds is 1. The third kappa shape index (κ3) is 3.93. The molecule has 7 nitrogen and oxygen atoms in total. The number of nitrogens with zero attached hydrogens (tertiary/aromatic N) is 1. The van der Waals surface area contributed by atoms with Gasteiger partial charge in [0.25, 0.3) is 5.69 Å². The first-order chi connectivity index (χ1) is 12.0. The summed E-state index contributed by atoms with van der Waals surface area (Å²) in [5.41, 5.74) is 1.85. The standard InChI is InChI=1S/C9H9NO4.C9H10O2/c1-6-4-8-9(14-3-2-13-8)5-7(6)10(11)12;1-7-2-3-8-9(6-7)11-5-4-10-8/h4-5H,2-3H2,1H3;2-3,6H,4-5H2,1H3. The highest BCUT2D eigenvalue weighted by molar-refractivity contribution is 5.54. The Kier molecular flexibility index (Phi) is 4.92. The molecule has 2 heterocycles. The Morgan fingerprint density at radius 3 is 1.92 bits per heavy atom. The number of hydrogen-bond acceptors (Lipinski definition) is 6. The van der Waals surface area contributed by atoms with Crippen molar-refractivity contribution < 1.29 is 23.9 Å². The van der Waals surface area contributed by atoms with Gasteiger partial charge in [-0.25, -0.2) is 0 Å². The third-order valence-corrected chi connectivity index (χ3v) is 3.76. The number of ether oxygens (including phenoxy) is 4. The first-order valence-corrected chi connectivity index (χ1v) is 7.95. The Labute approximate surface area is 145 Å². The Balaban J connectivity index is 0.000000150. The van der Waals surface area contributed by atoms with Crippen molar-refractivity contribution in [2.75, 3.05) is 26.4 Å². The van der Waals surface area contributed by atoms with Crippen LogP contribution < -0.4 is 18.9 Å². The molecule has 0 bridgehead atoms. The highest BCUT2D eigenvalue weighted by Crippen LogP contribution is 2.36. The van der Waals surface area contributed by atoms with Crippen LogP contribution in [0, 0.1) is 24.0 Å². The smallest absolute Gasteiger partial charge is 0.276 e. The molecule has 0 saturated carbocycles. The van der Waals surface area contributed by atoms with E-state index in [4.69, 9.17) is 18.9 Å². The molecule has 0 radical (unpaired) electrons. The minimum absolute atomic E-state index is 0.0641. The van der Waals surface area contributed by atoms with Gasteiger partial charge < -0.3 is 18.9 Å². The van der Waals surface area contributed by atoms with Crippen LogP contribution >= 0.6 is 0 Å². The number of nitro groups is 1. The van der Waals surface area contributed by atoms with E-state index >= 15 is 0 Å². The lowest BCUT2D eigenvalue weighted by molar-refractivity contribution is -0.385. The molecule has 0 spiro atoms. The Bertz CT molecular complexity index is 789. The maximum Gasteiger partial charge on any atom is 0.276 e. The quantitative estimate of drug-likeness (QED) is 0.582. The van der Waals surface area contributed by atoms with Gasteiger partial charge in [0.2, 0.25) is 0 Å². The molecule has 0 saturated heterocycles. The van der Waals surface area contributed by atoms with E-state index in [2.05, 4.69) is 0 Å². The number of hydrogen-bond donors (Lipinski definition) is 0. The average molecular weight is 345 g/mol. The molecule has 0 N–H and O–H groups in total. The summed E-state index contributed by atoms with van der Waals surface area (Å²) >= 11 is 0. The molecule has 2 aliphatic rings. The molecule has 0 unspecified atom stereocenters. The summed E-state index contributed by atoms with van der Waals surface area (Å²) in [5, 5.41) is 10.6. The van der Waals surface area contributed by atoms with E-state index in [-0.39, 0.29) is 5.69 Å². The lowest BCUT2D eigenvalue weighted by Gasteiger charge is -2.18. The molecular weight excluding hydrogens is 326 g/mol. The molecule has 0 amide bonds. The molecule has 4 rings (SSSR count). The molecule has 25 heavy (non-hydrogen) atoms. The molecule has 0 atom stereocenters. The number of benzene rings is 2. The van der Waals surface area contributed by atoms with Gasteiger partial charge in [-0.05, 0) is 37.6 Å². The molecule has 2 aliphatic heterocycles. The van der Waals surface area contributed by atoms with E-state index in [1.54, 1.807) is 13.0 Å². The van der Waals surface area contributed by atoms with Crippen molar-refractivity contribution in [3.05, 3.63) is 51.6 Å². The van der Waals surface area contributed by atoms with Crippen molar-refractivity contribution in [3.8, 4) is 23.0 Å². The second kappa shape index (κ2) is 7.29. The minimum atomic E-state index is -0.423. The van der Waals surface area contributed by atoms with Crippen LogP contribution in [0.4, 0.5) is 5.69 Å². The summed E-state index contributed by atoms with van der Waals surface area (Å²) in [4.78, 5) is 10.2. The van der Waals surface area contributed by atoms with E-state index < -0.39 is 4.92 Å². The highest BCUT2D eigenvalue weighted by atomic mass is 16.6. The van der Waals surface area contributed by atoms with Crippen LogP contribution in [0.3, 0.4) is 0 Å². The maximum absolute atomic E-state index is 10.6. The van der Waals surface area contributed by atoms with Crippen LogP contribution in [0.25, 0.3) is 0 Å². The average Bonchev–Trinajstić information content (AvgIpc) is 2.61. The summed E-state index contributed by atoms with van der Waals surface area (Å²) < 4.78 is 21.3. The van der Waals surface area contributed by atoms with Gasteiger partial charge in [0.15, 0.2) is 23.0 Å². The Morgan fingerprint density at radius 1 is 0.800 bits per heavy atom. The van der Waals surface area contributed by atoms with Gasteiger partial charge in [-0.3, -0.25) is 10.1 Å². The first-order valence-electron chi connectivity index (χ1n) is 7.95. The van der Waals surface area contributed by atoms with E-state index in [1.165, 1.54) is 11.6 Å². The van der Waals surface area contributed by atoms with Crippen LogP contribution in [-0.2, 0) is 0 Å². The van der Waals surface area contributed by atoms with Crippen molar-refractivity contribution in [1.82, 2.24) is 0 Å².